The molecule has 0 fully saturated rings. The molecular formula is C15H13N3O3. The van der Waals surface area contributed by atoms with Crippen LogP contribution in [0.5, 0.6) is 11.5 Å². The summed E-state index contributed by atoms with van der Waals surface area (Å²) in [5.41, 5.74) is 0.507. The summed E-state index contributed by atoms with van der Waals surface area (Å²) in [4.78, 5) is 20.1. The molecule has 1 atom stereocenters. The number of carbonyl (C=O) groups is 1. The van der Waals surface area contributed by atoms with Crippen molar-refractivity contribution in [3.8, 4) is 17.6 Å². The zero-order chi connectivity index (χ0) is 15.2. The predicted octanol–water partition coefficient (Wildman–Crippen LogP) is 1.98. The number of Topliss-reactive ketones (excluding diaryl/α,β-unsaturated/α-hetero) is 1. The number of methoxy groups -OCH3 is 2. The van der Waals surface area contributed by atoms with Crippen LogP contribution in [0.3, 0.4) is 0 Å². The summed E-state index contributed by atoms with van der Waals surface area (Å²) >= 11 is 0. The third kappa shape index (κ3) is 2.98. The zero-order valence-electron chi connectivity index (χ0n) is 11.6. The molecule has 106 valence electrons. The van der Waals surface area contributed by atoms with Crippen LogP contribution >= 0.6 is 0 Å². The molecule has 1 aromatic carbocycles. The van der Waals surface area contributed by atoms with Gasteiger partial charge in [0.25, 0.3) is 0 Å². The van der Waals surface area contributed by atoms with Crippen molar-refractivity contribution in [2.45, 2.75) is 5.92 Å². The number of benzene rings is 1. The van der Waals surface area contributed by atoms with Gasteiger partial charge in [0.05, 0.1) is 20.3 Å². The van der Waals surface area contributed by atoms with Crippen LogP contribution in [0.15, 0.2) is 36.7 Å². The number of nitrogens with zero attached hydrogens (tertiary/aromatic N) is 3. The quantitative estimate of drug-likeness (QED) is 0.780. The molecule has 0 saturated carbocycles. The van der Waals surface area contributed by atoms with Gasteiger partial charge in [-0.2, -0.15) is 5.26 Å². The van der Waals surface area contributed by atoms with Crippen LogP contribution in [-0.2, 0) is 0 Å². The van der Waals surface area contributed by atoms with Crippen molar-refractivity contribution in [2.24, 2.45) is 0 Å². The summed E-state index contributed by atoms with van der Waals surface area (Å²) in [5, 5.41) is 9.30. The largest absolute Gasteiger partial charge is 0.493 e. The third-order valence-corrected chi connectivity index (χ3v) is 2.92. The van der Waals surface area contributed by atoms with Gasteiger partial charge in [0.2, 0.25) is 5.78 Å². The second kappa shape index (κ2) is 6.48. The van der Waals surface area contributed by atoms with Crippen LogP contribution in [-0.4, -0.2) is 30.0 Å². The lowest BCUT2D eigenvalue weighted by Crippen LogP contribution is -2.14. The molecule has 0 radical (unpaired) electrons. The van der Waals surface area contributed by atoms with Crippen LogP contribution in [0.2, 0.25) is 0 Å². The maximum Gasteiger partial charge on any atom is 0.221 e. The van der Waals surface area contributed by atoms with Gasteiger partial charge in [0.1, 0.15) is 5.92 Å². The summed E-state index contributed by atoms with van der Waals surface area (Å²) in [6.07, 6.45) is 2.92. The Morgan fingerprint density at radius 3 is 2.43 bits per heavy atom. The second-order valence-electron chi connectivity index (χ2n) is 4.11. The Bertz CT molecular complexity index is 680. The van der Waals surface area contributed by atoms with E-state index in [4.69, 9.17) is 9.47 Å². The Morgan fingerprint density at radius 1 is 1.19 bits per heavy atom. The van der Waals surface area contributed by atoms with Crippen molar-refractivity contribution >= 4 is 5.78 Å². The summed E-state index contributed by atoms with van der Waals surface area (Å²) in [5.74, 6) is -0.449. The molecule has 0 aliphatic rings. The summed E-state index contributed by atoms with van der Waals surface area (Å²) < 4.78 is 10.3. The molecule has 0 N–H and O–H groups in total. The molecule has 0 bridgehead atoms. The molecule has 1 aromatic heterocycles. The standard InChI is InChI=1S/C15H13N3O3/c1-20-12-5-4-10(8-13(12)21-2)11(9-16)14(19)15-17-6-3-7-18-15/h3-8,11H,1-2H3. The fourth-order valence-corrected chi connectivity index (χ4v) is 1.87. The molecule has 1 unspecified atom stereocenters. The predicted molar refractivity (Wildman–Crippen MR) is 74.3 cm³/mol. The van der Waals surface area contributed by atoms with Gasteiger partial charge in [-0.1, -0.05) is 6.07 Å². The lowest BCUT2D eigenvalue weighted by Gasteiger charge is -2.12. The van der Waals surface area contributed by atoms with Crippen molar-refractivity contribution in [3.63, 3.8) is 0 Å². The minimum atomic E-state index is -0.993. The average Bonchev–Trinajstić information content (AvgIpc) is 2.56. The summed E-state index contributed by atoms with van der Waals surface area (Å²) in [7, 11) is 3.01. The van der Waals surface area contributed by atoms with Gasteiger partial charge < -0.3 is 9.47 Å². The number of aromatic nitrogens is 2. The Balaban J connectivity index is 2.39. The highest BCUT2D eigenvalue weighted by molar-refractivity contribution is 5.99. The van der Waals surface area contributed by atoms with Crippen LogP contribution in [0.25, 0.3) is 0 Å². The molecule has 6 nitrogen and oxygen atoms in total. The molecule has 0 aliphatic heterocycles. The molecule has 0 saturated heterocycles. The molecule has 2 aromatic rings. The Hall–Kier alpha value is -2.94. The van der Waals surface area contributed by atoms with Crippen molar-refractivity contribution in [3.05, 3.63) is 48.0 Å². The molecule has 0 aliphatic carbocycles. The van der Waals surface area contributed by atoms with Crippen LogP contribution in [0.1, 0.15) is 22.1 Å². The molecule has 6 heteroatoms. The highest BCUT2D eigenvalue weighted by Gasteiger charge is 2.25. The van der Waals surface area contributed by atoms with Crippen LogP contribution in [0, 0.1) is 11.3 Å². The highest BCUT2D eigenvalue weighted by atomic mass is 16.5. The van der Waals surface area contributed by atoms with Crippen LogP contribution in [0.4, 0.5) is 0 Å². The van der Waals surface area contributed by atoms with Crippen molar-refractivity contribution in [1.82, 2.24) is 9.97 Å². The normalized spacial score (nSPS) is 11.3. The van der Waals surface area contributed by atoms with E-state index < -0.39 is 11.7 Å². The maximum atomic E-state index is 12.3. The lowest BCUT2D eigenvalue weighted by atomic mass is 9.95. The fraction of sp³-hybridized carbons (Fsp3) is 0.200. The minimum absolute atomic E-state index is 0.0128. The highest BCUT2D eigenvalue weighted by Crippen LogP contribution is 2.31. The smallest absolute Gasteiger partial charge is 0.221 e. The van der Waals surface area contributed by atoms with E-state index in [0.717, 1.165) is 0 Å². The first-order chi connectivity index (χ1) is 10.2. The monoisotopic (exact) mass is 283 g/mol. The van der Waals surface area contributed by atoms with E-state index in [1.165, 1.54) is 26.6 Å². The van der Waals surface area contributed by atoms with Crippen molar-refractivity contribution in [1.29, 1.82) is 5.26 Å². The van der Waals surface area contributed by atoms with E-state index in [9.17, 15) is 10.1 Å². The SMILES string of the molecule is COc1ccc(C(C#N)C(=O)c2ncccn2)cc1OC. The Labute approximate surface area is 122 Å². The first-order valence-electron chi connectivity index (χ1n) is 6.14. The second-order valence-corrected chi connectivity index (χ2v) is 4.11. The molecule has 21 heavy (non-hydrogen) atoms. The topological polar surface area (TPSA) is 85.1 Å². The van der Waals surface area contributed by atoms with E-state index in [-0.39, 0.29) is 5.82 Å². The Kier molecular flexibility index (Phi) is 4.46. The van der Waals surface area contributed by atoms with Gasteiger partial charge in [-0.05, 0) is 23.8 Å². The van der Waals surface area contributed by atoms with Gasteiger partial charge in [-0.15, -0.1) is 0 Å². The van der Waals surface area contributed by atoms with Crippen molar-refractivity contribution < 1.29 is 14.3 Å². The number of rotatable bonds is 5. The van der Waals surface area contributed by atoms with E-state index >= 15 is 0 Å². The average molecular weight is 283 g/mol. The number of carbonyl (C=O) groups excluding carboxylic acids is 1. The summed E-state index contributed by atoms with van der Waals surface area (Å²) in [6.45, 7) is 0. The van der Waals surface area contributed by atoms with Crippen LogP contribution < -0.4 is 9.47 Å². The first kappa shape index (κ1) is 14.5. The number of hydrogen-bond donors (Lipinski definition) is 0. The van der Waals surface area contributed by atoms with Gasteiger partial charge in [-0.25, -0.2) is 9.97 Å². The van der Waals surface area contributed by atoms with E-state index in [0.29, 0.717) is 17.1 Å². The molecule has 0 amide bonds. The van der Waals surface area contributed by atoms with E-state index in [1.807, 2.05) is 6.07 Å². The number of hydrogen-bond acceptors (Lipinski definition) is 6. The number of nitriles is 1. The number of ketones is 1. The van der Waals surface area contributed by atoms with Gasteiger partial charge in [-0.3, -0.25) is 4.79 Å². The van der Waals surface area contributed by atoms with E-state index in [1.54, 1.807) is 24.3 Å². The molecule has 2 rings (SSSR count). The first-order valence-corrected chi connectivity index (χ1v) is 6.14. The zero-order valence-corrected chi connectivity index (χ0v) is 11.6. The summed E-state index contributed by atoms with van der Waals surface area (Å²) in [6, 6.07) is 8.49. The fourth-order valence-electron chi connectivity index (χ4n) is 1.87. The lowest BCUT2D eigenvalue weighted by molar-refractivity contribution is 0.0968. The van der Waals surface area contributed by atoms with Gasteiger partial charge in [0, 0.05) is 12.4 Å². The maximum absolute atomic E-state index is 12.3. The van der Waals surface area contributed by atoms with Gasteiger partial charge >= 0.3 is 0 Å². The molecule has 0 spiro atoms. The number of ether oxygens (including phenoxy) is 2. The van der Waals surface area contributed by atoms with E-state index in [2.05, 4.69) is 9.97 Å². The third-order valence-electron chi connectivity index (χ3n) is 2.92. The molecule has 1 heterocycles. The van der Waals surface area contributed by atoms with Gasteiger partial charge in [0.15, 0.2) is 17.3 Å². The Morgan fingerprint density at radius 2 is 1.86 bits per heavy atom. The minimum Gasteiger partial charge on any atom is -0.493 e. The van der Waals surface area contributed by atoms with Crippen molar-refractivity contribution in [2.75, 3.05) is 14.2 Å². The molecular weight excluding hydrogens is 270 g/mol.